The van der Waals surface area contributed by atoms with Crippen LogP contribution in [0.1, 0.15) is 23.7 Å². The molecule has 6 heteroatoms. The number of hydrogen-bond donors (Lipinski definition) is 2. The third-order valence-electron chi connectivity index (χ3n) is 3.12. The summed E-state index contributed by atoms with van der Waals surface area (Å²) in [5.41, 5.74) is 0.599. The van der Waals surface area contributed by atoms with E-state index in [1.54, 1.807) is 31.2 Å². The number of amides is 1. The molecule has 0 bridgehead atoms. The molecule has 1 aliphatic rings. The zero-order valence-corrected chi connectivity index (χ0v) is 11.0. The van der Waals surface area contributed by atoms with Crippen molar-refractivity contribution in [2.75, 3.05) is 11.9 Å². The zero-order chi connectivity index (χ0) is 14.7. The second-order valence-corrected chi connectivity index (χ2v) is 4.54. The molecule has 20 heavy (non-hydrogen) atoms. The Morgan fingerprint density at radius 1 is 1.30 bits per heavy atom. The standard InChI is InChI=1S/C14H15NO5/c1-2-20-14(19)8-5-3-4-6-11(8)15-12(16)9-7-10(9)13(17)18/h3-6,9-10H,2,7H2,1H3,(H,15,16)(H,17,18). The van der Waals surface area contributed by atoms with Crippen molar-refractivity contribution in [2.24, 2.45) is 11.8 Å². The number of esters is 1. The minimum atomic E-state index is -0.969. The second-order valence-electron chi connectivity index (χ2n) is 4.54. The van der Waals surface area contributed by atoms with Gasteiger partial charge in [-0.25, -0.2) is 4.79 Å². The summed E-state index contributed by atoms with van der Waals surface area (Å²) in [7, 11) is 0. The molecule has 1 saturated carbocycles. The molecule has 0 spiro atoms. The van der Waals surface area contributed by atoms with E-state index in [4.69, 9.17) is 9.84 Å². The van der Waals surface area contributed by atoms with Crippen molar-refractivity contribution in [1.82, 2.24) is 0 Å². The molecule has 2 atom stereocenters. The van der Waals surface area contributed by atoms with Crippen molar-refractivity contribution in [3.63, 3.8) is 0 Å². The lowest BCUT2D eigenvalue weighted by Crippen LogP contribution is -2.19. The summed E-state index contributed by atoms with van der Waals surface area (Å²) in [4.78, 5) is 34.4. The molecular formula is C14H15NO5. The van der Waals surface area contributed by atoms with E-state index in [1.807, 2.05) is 0 Å². The molecule has 1 fully saturated rings. The number of anilines is 1. The van der Waals surface area contributed by atoms with Gasteiger partial charge in [-0.05, 0) is 25.5 Å². The fraction of sp³-hybridized carbons (Fsp3) is 0.357. The summed E-state index contributed by atoms with van der Waals surface area (Å²) >= 11 is 0. The first-order chi connectivity index (χ1) is 9.54. The van der Waals surface area contributed by atoms with Gasteiger partial charge < -0.3 is 15.2 Å². The Morgan fingerprint density at radius 2 is 2.00 bits per heavy atom. The molecule has 0 saturated heterocycles. The number of hydrogen-bond acceptors (Lipinski definition) is 4. The molecule has 2 N–H and O–H groups in total. The molecule has 6 nitrogen and oxygen atoms in total. The molecule has 0 aromatic heterocycles. The van der Waals surface area contributed by atoms with Crippen molar-refractivity contribution >= 4 is 23.5 Å². The van der Waals surface area contributed by atoms with Crippen LogP contribution in [0.5, 0.6) is 0 Å². The lowest BCUT2D eigenvalue weighted by Gasteiger charge is -2.09. The average Bonchev–Trinajstić information content (AvgIpc) is 3.20. The summed E-state index contributed by atoms with van der Waals surface area (Å²) in [6.07, 6.45) is 0.336. The van der Waals surface area contributed by atoms with Crippen LogP contribution in [0.3, 0.4) is 0 Å². The van der Waals surface area contributed by atoms with Crippen LogP contribution in [0.15, 0.2) is 24.3 Å². The maximum absolute atomic E-state index is 11.9. The van der Waals surface area contributed by atoms with Crippen molar-refractivity contribution in [3.05, 3.63) is 29.8 Å². The number of carboxylic acid groups (broad SMARTS) is 1. The molecule has 1 aliphatic carbocycles. The van der Waals surface area contributed by atoms with Gasteiger partial charge in [-0.1, -0.05) is 12.1 Å². The predicted molar refractivity (Wildman–Crippen MR) is 70.3 cm³/mol. The van der Waals surface area contributed by atoms with Gasteiger partial charge in [0.2, 0.25) is 5.91 Å². The summed E-state index contributed by atoms with van der Waals surface area (Å²) < 4.78 is 4.90. The summed E-state index contributed by atoms with van der Waals surface area (Å²) in [5.74, 6) is -3.01. The number of carbonyl (C=O) groups excluding carboxylic acids is 2. The fourth-order valence-corrected chi connectivity index (χ4v) is 1.96. The van der Waals surface area contributed by atoms with E-state index in [1.165, 1.54) is 0 Å². The van der Waals surface area contributed by atoms with E-state index in [-0.39, 0.29) is 18.1 Å². The highest BCUT2D eigenvalue weighted by Gasteiger charge is 2.48. The lowest BCUT2D eigenvalue weighted by atomic mass is 10.1. The minimum Gasteiger partial charge on any atom is -0.481 e. The third-order valence-corrected chi connectivity index (χ3v) is 3.12. The topological polar surface area (TPSA) is 92.7 Å². The highest BCUT2D eigenvalue weighted by molar-refractivity contribution is 6.03. The zero-order valence-electron chi connectivity index (χ0n) is 11.0. The van der Waals surface area contributed by atoms with Crippen LogP contribution < -0.4 is 5.32 Å². The Morgan fingerprint density at radius 3 is 2.60 bits per heavy atom. The van der Waals surface area contributed by atoms with E-state index in [2.05, 4.69) is 5.32 Å². The maximum Gasteiger partial charge on any atom is 0.340 e. The average molecular weight is 277 g/mol. The fourth-order valence-electron chi connectivity index (χ4n) is 1.96. The van der Waals surface area contributed by atoms with Crippen LogP contribution in [-0.4, -0.2) is 29.6 Å². The molecule has 0 aliphatic heterocycles. The molecule has 0 heterocycles. The van der Waals surface area contributed by atoms with Crippen molar-refractivity contribution in [3.8, 4) is 0 Å². The molecule has 106 valence electrons. The first kappa shape index (κ1) is 14.0. The number of nitrogens with one attached hydrogen (secondary N) is 1. The number of rotatable bonds is 5. The number of benzene rings is 1. The number of ether oxygens (including phenoxy) is 1. The van der Waals surface area contributed by atoms with Crippen molar-refractivity contribution in [1.29, 1.82) is 0 Å². The Kier molecular flexibility index (Phi) is 4.02. The van der Waals surface area contributed by atoms with Gasteiger partial charge in [0.25, 0.3) is 0 Å². The Labute approximate surface area is 115 Å². The van der Waals surface area contributed by atoms with E-state index < -0.39 is 23.8 Å². The minimum absolute atomic E-state index is 0.241. The Balaban J connectivity index is 2.08. The number of carbonyl (C=O) groups is 3. The molecule has 1 amide bonds. The predicted octanol–water partition coefficient (Wildman–Crippen LogP) is 1.52. The Bertz CT molecular complexity index is 554. The van der Waals surface area contributed by atoms with Gasteiger partial charge in [0.1, 0.15) is 0 Å². The van der Waals surface area contributed by atoms with Crippen LogP contribution in [0.2, 0.25) is 0 Å². The van der Waals surface area contributed by atoms with Gasteiger partial charge in [-0.3, -0.25) is 9.59 Å². The largest absolute Gasteiger partial charge is 0.481 e. The van der Waals surface area contributed by atoms with Gasteiger partial charge in [0.05, 0.1) is 29.7 Å². The number of para-hydroxylation sites is 1. The Hall–Kier alpha value is -2.37. The van der Waals surface area contributed by atoms with Crippen LogP contribution >= 0.6 is 0 Å². The van der Waals surface area contributed by atoms with Gasteiger partial charge in [-0.2, -0.15) is 0 Å². The first-order valence-corrected chi connectivity index (χ1v) is 6.34. The molecule has 0 radical (unpaired) electrons. The second kappa shape index (κ2) is 5.73. The first-order valence-electron chi connectivity index (χ1n) is 6.34. The monoisotopic (exact) mass is 277 g/mol. The van der Waals surface area contributed by atoms with E-state index in [0.29, 0.717) is 12.1 Å². The van der Waals surface area contributed by atoms with Gasteiger partial charge in [-0.15, -0.1) is 0 Å². The number of aliphatic carboxylic acids is 1. The van der Waals surface area contributed by atoms with Crippen molar-refractivity contribution < 1.29 is 24.2 Å². The summed E-state index contributed by atoms with van der Waals surface area (Å²) in [6.45, 7) is 1.94. The molecular weight excluding hydrogens is 262 g/mol. The molecule has 1 aromatic rings. The smallest absolute Gasteiger partial charge is 0.340 e. The highest BCUT2D eigenvalue weighted by Crippen LogP contribution is 2.39. The van der Waals surface area contributed by atoms with Gasteiger partial charge in [0, 0.05) is 0 Å². The van der Waals surface area contributed by atoms with Gasteiger partial charge >= 0.3 is 11.9 Å². The normalized spacial score (nSPS) is 20.1. The van der Waals surface area contributed by atoms with Crippen LogP contribution in [-0.2, 0) is 14.3 Å². The maximum atomic E-state index is 11.9. The molecule has 2 unspecified atom stereocenters. The van der Waals surface area contributed by atoms with Crippen LogP contribution in [0.4, 0.5) is 5.69 Å². The van der Waals surface area contributed by atoms with Crippen LogP contribution in [0.25, 0.3) is 0 Å². The lowest BCUT2D eigenvalue weighted by molar-refractivity contribution is -0.139. The van der Waals surface area contributed by atoms with E-state index in [0.717, 1.165) is 0 Å². The quantitative estimate of drug-likeness (QED) is 0.796. The van der Waals surface area contributed by atoms with Crippen LogP contribution in [0, 0.1) is 11.8 Å². The number of carboxylic acids is 1. The SMILES string of the molecule is CCOC(=O)c1ccccc1NC(=O)C1CC1C(=O)O. The summed E-state index contributed by atoms with van der Waals surface area (Å²) in [5, 5.41) is 11.4. The summed E-state index contributed by atoms with van der Waals surface area (Å²) in [6, 6.07) is 6.48. The van der Waals surface area contributed by atoms with E-state index >= 15 is 0 Å². The molecule has 1 aromatic carbocycles. The van der Waals surface area contributed by atoms with Crippen molar-refractivity contribution in [2.45, 2.75) is 13.3 Å². The highest BCUT2D eigenvalue weighted by atomic mass is 16.5. The molecule has 2 rings (SSSR count). The van der Waals surface area contributed by atoms with Gasteiger partial charge in [0.15, 0.2) is 0 Å². The third kappa shape index (κ3) is 2.96. The van der Waals surface area contributed by atoms with E-state index in [9.17, 15) is 14.4 Å².